The van der Waals surface area contributed by atoms with Crippen LogP contribution in [0.4, 0.5) is 4.39 Å². The van der Waals surface area contributed by atoms with Crippen LogP contribution in [0.15, 0.2) is 60.0 Å². The summed E-state index contributed by atoms with van der Waals surface area (Å²) in [5, 5.41) is 3.76. The minimum Gasteiger partial charge on any atom is -0.321 e. The van der Waals surface area contributed by atoms with Crippen LogP contribution in [0.3, 0.4) is 0 Å². The maximum absolute atomic E-state index is 13.4. The highest BCUT2D eigenvalue weighted by Gasteiger charge is 2.06. The Balaban J connectivity index is 1.65. The molecule has 0 unspecified atom stereocenters. The van der Waals surface area contributed by atoms with Crippen LogP contribution in [0.25, 0.3) is 11.0 Å². The predicted octanol–water partition coefficient (Wildman–Crippen LogP) is 2.33. The van der Waals surface area contributed by atoms with Crippen molar-refractivity contribution in [3.63, 3.8) is 0 Å². The Morgan fingerprint density at radius 3 is 2.86 bits per heavy atom. The molecule has 1 N–H and O–H groups in total. The van der Waals surface area contributed by atoms with Gasteiger partial charge in [-0.25, -0.2) is 14.8 Å². The summed E-state index contributed by atoms with van der Waals surface area (Å²) in [4.78, 5) is 16.1. The number of nitrogens with zero attached hydrogens (tertiary/aromatic N) is 3. The number of imidazole rings is 1. The minimum atomic E-state index is -0.388. The molecule has 3 rings (SSSR count). The number of carbonyl (C=O) groups is 1. The molecule has 1 aromatic heterocycles. The zero-order chi connectivity index (χ0) is 15.4. The van der Waals surface area contributed by atoms with Crippen LogP contribution in [0.2, 0.25) is 0 Å². The quantitative estimate of drug-likeness (QED) is 0.593. The van der Waals surface area contributed by atoms with Gasteiger partial charge < -0.3 is 4.57 Å². The van der Waals surface area contributed by atoms with Crippen LogP contribution < -0.4 is 5.43 Å². The number of amides is 1. The van der Waals surface area contributed by atoms with E-state index in [4.69, 9.17) is 0 Å². The van der Waals surface area contributed by atoms with Crippen molar-refractivity contribution >= 4 is 23.2 Å². The lowest BCUT2D eigenvalue weighted by Crippen LogP contribution is -2.22. The lowest BCUT2D eigenvalue weighted by atomic mass is 10.2. The maximum atomic E-state index is 13.4. The van der Waals surface area contributed by atoms with E-state index in [-0.39, 0.29) is 18.3 Å². The van der Waals surface area contributed by atoms with Gasteiger partial charge in [-0.3, -0.25) is 4.79 Å². The third-order valence-electron chi connectivity index (χ3n) is 3.14. The molecule has 0 saturated carbocycles. The van der Waals surface area contributed by atoms with E-state index in [0.29, 0.717) is 5.56 Å². The normalized spacial score (nSPS) is 11.1. The molecule has 22 heavy (non-hydrogen) atoms. The van der Waals surface area contributed by atoms with Gasteiger partial charge in [-0.05, 0) is 18.2 Å². The number of hydrogen-bond donors (Lipinski definition) is 1. The van der Waals surface area contributed by atoms with Crippen LogP contribution in [-0.2, 0) is 11.3 Å². The number of para-hydroxylation sites is 2. The number of benzene rings is 2. The van der Waals surface area contributed by atoms with E-state index in [2.05, 4.69) is 15.5 Å². The first-order valence-corrected chi connectivity index (χ1v) is 6.70. The van der Waals surface area contributed by atoms with E-state index < -0.39 is 0 Å². The van der Waals surface area contributed by atoms with E-state index in [0.717, 1.165) is 11.0 Å². The number of hydrogen-bond acceptors (Lipinski definition) is 3. The van der Waals surface area contributed by atoms with Crippen molar-refractivity contribution in [2.24, 2.45) is 5.10 Å². The smallest absolute Gasteiger partial charge is 0.260 e. The first-order chi connectivity index (χ1) is 10.7. The van der Waals surface area contributed by atoms with Gasteiger partial charge in [0.2, 0.25) is 0 Å². The van der Waals surface area contributed by atoms with E-state index in [9.17, 15) is 9.18 Å². The SMILES string of the molecule is O=C(Cn1cnc2ccccc21)N/N=C\c1ccccc1F. The molecule has 0 bridgehead atoms. The second-order valence-corrected chi connectivity index (χ2v) is 4.68. The number of nitrogens with one attached hydrogen (secondary N) is 1. The second-order valence-electron chi connectivity index (χ2n) is 4.68. The highest BCUT2D eigenvalue weighted by Crippen LogP contribution is 2.11. The van der Waals surface area contributed by atoms with Crippen molar-refractivity contribution in [3.8, 4) is 0 Å². The first kappa shape index (κ1) is 13.9. The summed E-state index contributed by atoms with van der Waals surface area (Å²) in [6.45, 7) is 0.0924. The maximum Gasteiger partial charge on any atom is 0.260 e. The van der Waals surface area contributed by atoms with Gasteiger partial charge in [-0.2, -0.15) is 5.10 Å². The Kier molecular flexibility index (Phi) is 3.91. The number of fused-ring (bicyclic) bond motifs is 1. The number of halogens is 1. The van der Waals surface area contributed by atoms with Gasteiger partial charge in [0, 0.05) is 5.56 Å². The highest BCUT2D eigenvalue weighted by atomic mass is 19.1. The highest BCUT2D eigenvalue weighted by molar-refractivity contribution is 5.83. The Morgan fingerprint density at radius 1 is 1.23 bits per heavy atom. The number of aromatic nitrogens is 2. The van der Waals surface area contributed by atoms with Gasteiger partial charge in [-0.1, -0.05) is 30.3 Å². The molecular weight excluding hydrogens is 283 g/mol. The van der Waals surface area contributed by atoms with E-state index in [1.165, 1.54) is 12.3 Å². The summed E-state index contributed by atoms with van der Waals surface area (Å²) in [7, 11) is 0. The number of carbonyl (C=O) groups excluding carboxylic acids is 1. The average Bonchev–Trinajstić information content (AvgIpc) is 2.92. The molecule has 0 aliphatic carbocycles. The second kappa shape index (κ2) is 6.17. The number of rotatable bonds is 4. The van der Waals surface area contributed by atoms with Gasteiger partial charge in [0.05, 0.1) is 23.6 Å². The third kappa shape index (κ3) is 3.01. The van der Waals surface area contributed by atoms with Crippen molar-refractivity contribution in [3.05, 3.63) is 66.2 Å². The van der Waals surface area contributed by atoms with E-state index >= 15 is 0 Å². The Morgan fingerprint density at radius 2 is 2.00 bits per heavy atom. The van der Waals surface area contributed by atoms with Crippen molar-refractivity contribution in [2.45, 2.75) is 6.54 Å². The van der Waals surface area contributed by atoms with Gasteiger partial charge >= 0.3 is 0 Å². The third-order valence-corrected chi connectivity index (χ3v) is 3.14. The first-order valence-electron chi connectivity index (χ1n) is 6.70. The van der Waals surface area contributed by atoms with Crippen LogP contribution in [0, 0.1) is 5.82 Å². The van der Waals surface area contributed by atoms with Gasteiger partial charge in [-0.15, -0.1) is 0 Å². The fourth-order valence-electron chi connectivity index (χ4n) is 2.08. The monoisotopic (exact) mass is 296 g/mol. The lowest BCUT2D eigenvalue weighted by Gasteiger charge is -2.02. The molecule has 6 heteroatoms. The average molecular weight is 296 g/mol. The zero-order valence-electron chi connectivity index (χ0n) is 11.6. The summed E-state index contributed by atoms with van der Waals surface area (Å²) in [5.41, 5.74) is 4.39. The fourth-order valence-corrected chi connectivity index (χ4v) is 2.08. The van der Waals surface area contributed by atoms with E-state index in [1.54, 1.807) is 29.1 Å². The Bertz CT molecular complexity index is 841. The molecule has 0 radical (unpaired) electrons. The fraction of sp³-hybridized carbons (Fsp3) is 0.0625. The van der Waals surface area contributed by atoms with Crippen molar-refractivity contribution in [2.75, 3.05) is 0 Å². The summed E-state index contributed by atoms with van der Waals surface area (Å²) >= 11 is 0. The Labute approximate surface area is 126 Å². The molecule has 110 valence electrons. The Hall–Kier alpha value is -3.02. The summed E-state index contributed by atoms with van der Waals surface area (Å²) in [5.74, 6) is -0.697. The van der Waals surface area contributed by atoms with E-state index in [1.807, 2.05) is 24.3 Å². The van der Waals surface area contributed by atoms with Crippen LogP contribution >= 0.6 is 0 Å². The molecule has 0 aliphatic heterocycles. The van der Waals surface area contributed by atoms with Gasteiger partial charge in [0.1, 0.15) is 12.4 Å². The molecule has 0 aliphatic rings. The predicted molar refractivity (Wildman–Crippen MR) is 81.9 cm³/mol. The summed E-state index contributed by atoms with van der Waals surface area (Å²) in [6, 6.07) is 13.7. The van der Waals surface area contributed by atoms with Crippen molar-refractivity contribution in [1.82, 2.24) is 15.0 Å². The molecule has 0 atom stereocenters. The van der Waals surface area contributed by atoms with Crippen LogP contribution in [0.5, 0.6) is 0 Å². The molecular formula is C16H13FN4O. The van der Waals surface area contributed by atoms with Crippen molar-refractivity contribution in [1.29, 1.82) is 0 Å². The molecule has 0 saturated heterocycles. The molecule has 0 spiro atoms. The molecule has 1 heterocycles. The minimum absolute atomic E-state index is 0.0924. The van der Waals surface area contributed by atoms with Crippen LogP contribution in [0.1, 0.15) is 5.56 Å². The topological polar surface area (TPSA) is 59.3 Å². The number of hydrazone groups is 1. The molecule has 2 aromatic carbocycles. The molecule has 1 amide bonds. The van der Waals surface area contributed by atoms with Gasteiger partial charge in [0.25, 0.3) is 5.91 Å². The molecule has 5 nitrogen and oxygen atoms in total. The lowest BCUT2D eigenvalue weighted by molar-refractivity contribution is -0.121. The van der Waals surface area contributed by atoms with Crippen molar-refractivity contribution < 1.29 is 9.18 Å². The van der Waals surface area contributed by atoms with Gasteiger partial charge in [0.15, 0.2) is 0 Å². The summed E-state index contributed by atoms with van der Waals surface area (Å²) in [6.07, 6.45) is 2.88. The molecule has 0 fully saturated rings. The molecule has 3 aromatic rings. The largest absolute Gasteiger partial charge is 0.321 e. The zero-order valence-corrected chi connectivity index (χ0v) is 11.6. The van der Waals surface area contributed by atoms with Crippen LogP contribution in [-0.4, -0.2) is 21.7 Å². The standard InChI is InChI=1S/C16H13FN4O/c17-13-6-2-1-5-12(13)9-19-20-16(22)10-21-11-18-14-7-3-4-8-15(14)21/h1-9,11H,10H2,(H,20,22)/b19-9-. The summed E-state index contributed by atoms with van der Waals surface area (Å²) < 4.78 is 15.1.